The Balaban J connectivity index is 1.89. The van der Waals surface area contributed by atoms with Gasteiger partial charge in [-0.2, -0.15) is 0 Å². The number of phenolic OH excluding ortho intramolecular Hbond substituents is 1. The molecule has 0 spiro atoms. The summed E-state index contributed by atoms with van der Waals surface area (Å²) in [7, 11) is 0. The number of carbonyl (C=O) groups excluding carboxylic acids is 1. The van der Waals surface area contributed by atoms with E-state index in [0.29, 0.717) is 10.6 Å². The first kappa shape index (κ1) is 12.6. The van der Waals surface area contributed by atoms with E-state index in [4.69, 9.17) is 0 Å². The quantitative estimate of drug-likeness (QED) is 0.759. The van der Waals surface area contributed by atoms with Crippen LogP contribution in [0, 0.1) is 5.82 Å². The summed E-state index contributed by atoms with van der Waals surface area (Å²) in [4.78, 5) is 16.1. The van der Waals surface area contributed by atoms with Crippen LogP contribution in [0.1, 0.15) is 10.4 Å². The largest absolute Gasteiger partial charge is 0.508 e. The fourth-order valence-electron chi connectivity index (χ4n) is 1.78. The molecular weight excluding hydrogens is 279 g/mol. The van der Waals surface area contributed by atoms with Gasteiger partial charge in [-0.15, -0.1) is 0 Å². The van der Waals surface area contributed by atoms with E-state index < -0.39 is 11.7 Å². The van der Waals surface area contributed by atoms with Gasteiger partial charge in [0.25, 0.3) is 5.91 Å². The van der Waals surface area contributed by atoms with Crippen molar-refractivity contribution in [2.75, 3.05) is 5.32 Å². The molecule has 3 aromatic rings. The SMILES string of the molecule is O=C(Nc1nc2ccc(O)cc2s1)c1ccccc1F. The first-order valence-corrected chi connectivity index (χ1v) is 6.60. The fraction of sp³-hybridized carbons (Fsp3) is 0. The van der Waals surface area contributed by atoms with Crippen LogP contribution in [0.2, 0.25) is 0 Å². The lowest BCUT2D eigenvalue weighted by molar-refractivity contribution is 0.102. The number of hydrogen-bond acceptors (Lipinski definition) is 4. The van der Waals surface area contributed by atoms with E-state index in [9.17, 15) is 14.3 Å². The molecule has 4 nitrogen and oxygen atoms in total. The molecule has 0 unspecified atom stereocenters. The Morgan fingerprint density at radius 3 is 2.85 bits per heavy atom. The van der Waals surface area contributed by atoms with Crippen molar-refractivity contribution in [2.45, 2.75) is 0 Å². The van der Waals surface area contributed by atoms with Gasteiger partial charge in [0.1, 0.15) is 11.6 Å². The van der Waals surface area contributed by atoms with Crippen LogP contribution in [0.5, 0.6) is 5.75 Å². The molecule has 0 atom stereocenters. The Hall–Kier alpha value is -2.47. The fourth-order valence-corrected chi connectivity index (χ4v) is 2.67. The molecule has 0 saturated carbocycles. The number of nitrogens with zero attached hydrogens (tertiary/aromatic N) is 1. The normalized spacial score (nSPS) is 10.7. The summed E-state index contributed by atoms with van der Waals surface area (Å²) in [6.07, 6.45) is 0. The van der Waals surface area contributed by atoms with Crippen molar-refractivity contribution < 1.29 is 14.3 Å². The monoisotopic (exact) mass is 288 g/mol. The van der Waals surface area contributed by atoms with Crippen molar-refractivity contribution in [3.05, 3.63) is 53.8 Å². The minimum atomic E-state index is -0.580. The van der Waals surface area contributed by atoms with E-state index in [1.807, 2.05) is 0 Å². The van der Waals surface area contributed by atoms with Crippen LogP contribution >= 0.6 is 11.3 Å². The molecule has 0 aliphatic heterocycles. The second kappa shape index (κ2) is 4.90. The summed E-state index contributed by atoms with van der Waals surface area (Å²) in [5, 5.41) is 12.3. The van der Waals surface area contributed by atoms with Gasteiger partial charge in [-0.25, -0.2) is 9.37 Å². The molecule has 2 aromatic carbocycles. The van der Waals surface area contributed by atoms with Crippen molar-refractivity contribution in [3.8, 4) is 5.75 Å². The number of hydrogen-bond donors (Lipinski definition) is 2. The van der Waals surface area contributed by atoms with Gasteiger partial charge in [-0.05, 0) is 30.3 Å². The number of phenols is 1. The number of carbonyl (C=O) groups is 1. The molecule has 3 rings (SSSR count). The van der Waals surface area contributed by atoms with Crippen molar-refractivity contribution in [1.29, 1.82) is 0 Å². The molecular formula is C14H9FN2O2S. The van der Waals surface area contributed by atoms with Crippen LogP contribution in [-0.2, 0) is 0 Å². The number of halogens is 1. The Bertz CT molecular complexity index is 801. The molecule has 0 radical (unpaired) electrons. The lowest BCUT2D eigenvalue weighted by atomic mass is 10.2. The van der Waals surface area contributed by atoms with E-state index in [2.05, 4.69) is 10.3 Å². The number of thiazole rings is 1. The van der Waals surface area contributed by atoms with E-state index >= 15 is 0 Å². The van der Waals surface area contributed by atoms with Gasteiger partial charge in [0.05, 0.1) is 15.8 Å². The molecule has 100 valence electrons. The lowest BCUT2D eigenvalue weighted by Crippen LogP contribution is -2.13. The molecule has 0 bridgehead atoms. The topological polar surface area (TPSA) is 62.2 Å². The molecule has 1 aromatic heterocycles. The van der Waals surface area contributed by atoms with Crippen LogP contribution in [0.4, 0.5) is 9.52 Å². The summed E-state index contributed by atoms with van der Waals surface area (Å²) < 4.78 is 14.2. The van der Waals surface area contributed by atoms with Crippen molar-refractivity contribution >= 4 is 32.6 Å². The highest BCUT2D eigenvalue weighted by Crippen LogP contribution is 2.29. The highest BCUT2D eigenvalue weighted by atomic mass is 32.1. The van der Waals surface area contributed by atoms with Crippen LogP contribution in [-0.4, -0.2) is 16.0 Å². The standard InChI is InChI=1S/C14H9FN2O2S/c15-10-4-2-1-3-9(10)13(19)17-14-16-11-6-5-8(18)7-12(11)20-14/h1-7,18H,(H,16,17,19). The molecule has 2 N–H and O–H groups in total. The molecule has 0 aliphatic rings. The summed E-state index contributed by atoms with van der Waals surface area (Å²) in [5.74, 6) is -0.997. The number of aromatic hydroxyl groups is 1. The molecule has 0 aliphatic carbocycles. The first-order valence-electron chi connectivity index (χ1n) is 5.79. The number of nitrogens with one attached hydrogen (secondary N) is 1. The Kier molecular flexibility index (Phi) is 3.08. The average molecular weight is 288 g/mol. The number of benzene rings is 2. The third-order valence-electron chi connectivity index (χ3n) is 2.71. The smallest absolute Gasteiger partial charge is 0.260 e. The number of fused-ring (bicyclic) bond motifs is 1. The summed E-state index contributed by atoms with van der Waals surface area (Å²) >= 11 is 1.21. The summed E-state index contributed by atoms with van der Waals surface area (Å²) in [6, 6.07) is 10.5. The van der Waals surface area contributed by atoms with E-state index in [1.165, 1.54) is 35.6 Å². The predicted molar refractivity (Wildman–Crippen MR) is 75.6 cm³/mol. The minimum Gasteiger partial charge on any atom is -0.508 e. The molecule has 20 heavy (non-hydrogen) atoms. The third kappa shape index (κ3) is 2.33. The molecule has 1 amide bonds. The highest BCUT2D eigenvalue weighted by molar-refractivity contribution is 7.22. The van der Waals surface area contributed by atoms with Crippen molar-refractivity contribution in [1.82, 2.24) is 4.98 Å². The summed E-state index contributed by atoms with van der Waals surface area (Å²) in [6.45, 7) is 0. The van der Waals surface area contributed by atoms with E-state index in [-0.39, 0.29) is 11.3 Å². The molecule has 6 heteroatoms. The molecule has 0 saturated heterocycles. The second-order valence-electron chi connectivity index (χ2n) is 4.11. The Morgan fingerprint density at radius 2 is 2.05 bits per heavy atom. The van der Waals surface area contributed by atoms with Gasteiger partial charge in [0, 0.05) is 0 Å². The first-order chi connectivity index (χ1) is 9.63. The van der Waals surface area contributed by atoms with Gasteiger partial charge < -0.3 is 5.11 Å². The van der Waals surface area contributed by atoms with Crippen LogP contribution < -0.4 is 5.32 Å². The lowest BCUT2D eigenvalue weighted by Gasteiger charge is -2.02. The van der Waals surface area contributed by atoms with Crippen molar-refractivity contribution in [2.24, 2.45) is 0 Å². The number of amides is 1. The maximum Gasteiger partial charge on any atom is 0.260 e. The zero-order valence-corrected chi connectivity index (χ0v) is 10.9. The average Bonchev–Trinajstić information content (AvgIpc) is 2.80. The summed E-state index contributed by atoms with van der Waals surface area (Å²) in [5.41, 5.74) is 0.631. The Labute approximate surface area is 117 Å². The maximum atomic E-state index is 13.5. The number of rotatable bonds is 2. The number of aromatic nitrogens is 1. The van der Waals surface area contributed by atoms with Gasteiger partial charge in [-0.3, -0.25) is 10.1 Å². The zero-order chi connectivity index (χ0) is 14.1. The van der Waals surface area contributed by atoms with Crippen LogP contribution in [0.25, 0.3) is 10.2 Å². The number of anilines is 1. The van der Waals surface area contributed by atoms with Crippen LogP contribution in [0.3, 0.4) is 0 Å². The minimum absolute atomic E-state index is 0.0328. The molecule has 1 heterocycles. The van der Waals surface area contributed by atoms with Gasteiger partial charge in [0.2, 0.25) is 0 Å². The van der Waals surface area contributed by atoms with Gasteiger partial charge >= 0.3 is 0 Å². The van der Waals surface area contributed by atoms with E-state index in [1.54, 1.807) is 18.2 Å². The third-order valence-corrected chi connectivity index (χ3v) is 3.64. The van der Waals surface area contributed by atoms with Gasteiger partial charge in [0.15, 0.2) is 5.13 Å². The second-order valence-corrected chi connectivity index (χ2v) is 5.14. The van der Waals surface area contributed by atoms with Crippen molar-refractivity contribution in [3.63, 3.8) is 0 Å². The Morgan fingerprint density at radius 1 is 1.25 bits per heavy atom. The maximum absolute atomic E-state index is 13.5. The predicted octanol–water partition coefficient (Wildman–Crippen LogP) is 3.39. The zero-order valence-electron chi connectivity index (χ0n) is 10.1. The highest BCUT2D eigenvalue weighted by Gasteiger charge is 2.13. The van der Waals surface area contributed by atoms with Crippen LogP contribution in [0.15, 0.2) is 42.5 Å². The molecule has 0 fully saturated rings. The van der Waals surface area contributed by atoms with Gasteiger partial charge in [-0.1, -0.05) is 23.5 Å². The van der Waals surface area contributed by atoms with E-state index in [0.717, 1.165) is 4.70 Å².